The lowest BCUT2D eigenvalue weighted by Gasteiger charge is -2.28. The highest BCUT2D eigenvalue weighted by Crippen LogP contribution is 2.36. The zero-order chi connectivity index (χ0) is 24.1. The number of hydrogen-bond donors (Lipinski definition) is 3. The average Bonchev–Trinajstić information content (AvgIpc) is 2.84. The molecule has 2 heterocycles. The molecule has 1 fully saturated rings. The Hall–Kier alpha value is -3.52. The van der Waals surface area contributed by atoms with Gasteiger partial charge in [-0.25, -0.2) is 9.37 Å². The quantitative estimate of drug-likeness (QED) is 0.459. The van der Waals surface area contributed by atoms with Crippen LogP contribution in [0.15, 0.2) is 48.8 Å². The summed E-state index contributed by atoms with van der Waals surface area (Å²) in [5.74, 6) is -0.157. The number of nitrogens with two attached hydrogens (primary N) is 2. The summed E-state index contributed by atoms with van der Waals surface area (Å²) in [6.45, 7) is 2.51. The minimum Gasteiger partial charge on any atom is -0.494 e. The van der Waals surface area contributed by atoms with Crippen molar-refractivity contribution in [2.75, 3.05) is 17.7 Å². The number of hydrogen-bond acceptors (Lipinski definition) is 6. The minimum absolute atomic E-state index is 0.0203. The van der Waals surface area contributed by atoms with Crippen molar-refractivity contribution >= 4 is 17.3 Å². The van der Waals surface area contributed by atoms with Crippen LogP contribution in [0.2, 0.25) is 0 Å². The van der Waals surface area contributed by atoms with Crippen LogP contribution in [-0.4, -0.2) is 28.5 Å². The van der Waals surface area contributed by atoms with Crippen LogP contribution in [0.1, 0.15) is 61.0 Å². The fourth-order valence-corrected chi connectivity index (χ4v) is 4.37. The molecular weight excluding hydrogens is 433 g/mol. The van der Waals surface area contributed by atoms with Crippen molar-refractivity contribution in [3.05, 3.63) is 65.9 Å². The third kappa shape index (κ3) is 5.34. The summed E-state index contributed by atoms with van der Waals surface area (Å²) in [5.41, 5.74) is 14.6. The maximum Gasteiger partial charge on any atom is 0.276 e. The number of nitrogen functional groups attached to an aromatic ring is 1. The van der Waals surface area contributed by atoms with E-state index in [1.807, 2.05) is 13.0 Å². The van der Waals surface area contributed by atoms with Crippen molar-refractivity contribution < 1.29 is 13.9 Å². The van der Waals surface area contributed by atoms with E-state index in [2.05, 4.69) is 15.3 Å². The molecule has 1 aliphatic carbocycles. The second-order valence-electron chi connectivity index (χ2n) is 8.67. The molecule has 34 heavy (non-hydrogen) atoms. The molecule has 5 N–H and O–H groups in total. The molecule has 1 aliphatic rings. The van der Waals surface area contributed by atoms with Gasteiger partial charge in [-0.2, -0.15) is 0 Å². The highest BCUT2D eigenvalue weighted by atomic mass is 19.1. The van der Waals surface area contributed by atoms with Gasteiger partial charge in [0.25, 0.3) is 5.91 Å². The third-order valence-corrected chi connectivity index (χ3v) is 6.09. The number of aromatic nitrogens is 2. The smallest absolute Gasteiger partial charge is 0.276 e. The van der Waals surface area contributed by atoms with E-state index >= 15 is 0 Å². The van der Waals surface area contributed by atoms with E-state index in [4.69, 9.17) is 16.2 Å². The van der Waals surface area contributed by atoms with Gasteiger partial charge in [0.1, 0.15) is 11.6 Å². The molecule has 4 rings (SSSR count). The summed E-state index contributed by atoms with van der Waals surface area (Å²) in [6, 6.07) is 9.69. The molecule has 3 aromatic rings. The van der Waals surface area contributed by atoms with Crippen molar-refractivity contribution in [2.24, 2.45) is 5.73 Å². The molecule has 2 atom stereocenters. The number of amides is 1. The standard InChI is InChI=1S/C26H30FN5O2/c1-2-12-34-18-6-7-21(27)20(14-18)23-9-8-22(29)25(31-23)26(33)32-24-15-30-11-10-19(24)16-4-3-5-17(28)13-16/h6-11,14-17H,2-5,12-13,28-29H2,1H3,(H,32,33). The number of nitrogens with one attached hydrogen (secondary N) is 1. The first kappa shape index (κ1) is 23.6. The van der Waals surface area contributed by atoms with Gasteiger partial charge in [-0.1, -0.05) is 13.3 Å². The first-order valence-electron chi connectivity index (χ1n) is 11.7. The monoisotopic (exact) mass is 463 g/mol. The highest BCUT2D eigenvalue weighted by Gasteiger charge is 2.24. The summed E-state index contributed by atoms with van der Waals surface area (Å²) < 4.78 is 20.2. The molecule has 178 valence electrons. The zero-order valence-electron chi connectivity index (χ0n) is 19.3. The van der Waals surface area contributed by atoms with E-state index in [1.165, 1.54) is 6.07 Å². The Labute approximate surface area is 198 Å². The number of ether oxygens (including phenoxy) is 1. The fraction of sp³-hybridized carbons (Fsp3) is 0.346. The lowest BCUT2D eigenvalue weighted by atomic mass is 9.81. The van der Waals surface area contributed by atoms with Crippen LogP contribution < -0.4 is 21.5 Å². The molecule has 0 bridgehead atoms. The largest absolute Gasteiger partial charge is 0.494 e. The van der Waals surface area contributed by atoms with Crippen LogP contribution in [0.3, 0.4) is 0 Å². The first-order chi connectivity index (χ1) is 16.5. The normalized spacial score (nSPS) is 17.9. The van der Waals surface area contributed by atoms with Crippen LogP contribution >= 0.6 is 0 Å². The van der Waals surface area contributed by atoms with E-state index in [0.29, 0.717) is 23.7 Å². The van der Waals surface area contributed by atoms with Crippen LogP contribution in [-0.2, 0) is 0 Å². The number of carbonyl (C=O) groups is 1. The van der Waals surface area contributed by atoms with Crippen LogP contribution in [0.4, 0.5) is 15.8 Å². The van der Waals surface area contributed by atoms with Crippen molar-refractivity contribution in [1.29, 1.82) is 0 Å². The molecule has 0 radical (unpaired) electrons. The van der Waals surface area contributed by atoms with E-state index in [-0.39, 0.29) is 28.9 Å². The van der Waals surface area contributed by atoms with Crippen molar-refractivity contribution in [2.45, 2.75) is 51.0 Å². The lowest BCUT2D eigenvalue weighted by Crippen LogP contribution is -2.27. The zero-order valence-corrected chi connectivity index (χ0v) is 19.3. The molecule has 1 amide bonds. The SMILES string of the molecule is CCCOc1ccc(F)c(-c2ccc(N)c(C(=O)Nc3cnccc3C3CCCC(N)C3)n2)c1. The molecule has 1 saturated carbocycles. The Morgan fingerprint density at radius 3 is 2.88 bits per heavy atom. The second-order valence-corrected chi connectivity index (χ2v) is 8.67. The van der Waals surface area contributed by atoms with Gasteiger partial charge in [0, 0.05) is 17.8 Å². The summed E-state index contributed by atoms with van der Waals surface area (Å²) >= 11 is 0. The molecule has 1 aromatic carbocycles. The number of halogens is 1. The van der Waals surface area contributed by atoms with Gasteiger partial charge < -0.3 is 21.5 Å². The van der Waals surface area contributed by atoms with Gasteiger partial charge in [0.2, 0.25) is 0 Å². The third-order valence-electron chi connectivity index (χ3n) is 6.09. The number of pyridine rings is 2. The van der Waals surface area contributed by atoms with E-state index in [1.54, 1.807) is 36.7 Å². The predicted octanol–water partition coefficient (Wildman–Crippen LogP) is 4.89. The molecule has 2 unspecified atom stereocenters. The van der Waals surface area contributed by atoms with Crippen LogP contribution in [0, 0.1) is 5.82 Å². The number of anilines is 2. The molecule has 8 heteroatoms. The van der Waals surface area contributed by atoms with Gasteiger partial charge in [0.05, 0.1) is 29.9 Å². The van der Waals surface area contributed by atoms with Crippen LogP contribution in [0.5, 0.6) is 5.75 Å². The Morgan fingerprint density at radius 1 is 1.24 bits per heavy atom. The Balaban J connectivity index is 1.61. The second kappa shape index (κ2) is 10.6. The van der Waals surface area contributed by atoms with Crippen molar-refractivity contribution in [1.82, 2.24) is 9.97 Å². The highest BCUT2D eigenvalue weighted by molar-refractivity contribution is 6.06. The number of nitrogens with zero attached hydrogens (tertiary/aromatic N) is 2. The fourth-order valence-electron chi connectivity index (χ4n) is 4.37. The van der Waals surface area contributed by atoms with Crippen LogP contribution in [0.25, 0.3) is 11.3 Å². The van der Waals surface area contributed by atoms with E-state index in [9.17, 15) is 9.18 Å². The Morgan fingerprint density at radius 2 is 2.09 bits per heavy atom. The van der Waals surface area contributed by atoms with Crippen molar-refractivity contribution in [3.8, 4) is 17.0 Å². The molecule has 7 nitrogen and oxygen atoms in total. The lowest BCUT2D eigenvalue weighted by molar-refractivity contribution is 0.102. The topological polar surface area (TPSA) is 116 Å². The Kier molecular flexibility index (Phi) is 7.37. The first-order valence-corrected chi connectivity index (χ1v) is 11.7. The maximum atomic E-state index is 14.6. The summed E-state index contributed by atoms with van der Waals surface area (Å²) in [4.78, 5) is 21.8. The molecular formula is C26H30FN5O2. The predicted molar refractivity (Wildman–Crippen MR) is 131 cm³/mol. The van der Waals surface area contributed by atoms with Gasteiger partial charge in [0.15, 0.2) is 5.69 Å². The molecule has 0 aliphatic heterocycles. The molecule has 2 aromatic heterocycles. The minimum atomic E-state index is -0.479. The summed E-state index contributed by atoms with van der Waals surface area (Å²) in [7, 11) is 0. The average molecular weight is 464 g/mol. The van der Waals surface area contributed by atoms with E-state index in [0.717, 1.165) is 37.7 Å². The number of carbonyl (C=O) groups excluding carboxylic acids is 1. The summed E-state index contributed by atoms with van der Waals surface area (Å²) in [5, 5.41) is 2.91. The Bertz CT molecular complexity index is 1170. The summed E-state index contributed by atoms with van der Waals surface area (Å²) in [6.07, 6.45) is 8.10. The maximum absolute atomic E-state index is 14.6. The number of rotatable bonds is 7. The number of benzene rings is 1. The van der Waals surface area contributed by atoms with E-state index < -0.39 is 11.7 Å². The van der Waals surface area contributed by atoms with Gasteiger partial charge in [-0.15, -0.1) is 0 Å². The van der Waals surface area contributed by atoms with Gasteiger partial charge >= 0.3 is 0 Å². The van der Waals surface area contributed by atoms with Crippen molar-refractivity contribution in [3.63, 3.8) is 0 Å². The van der Waals surface area contributed by atoms with Gasteiger partial charge in [-0.05, 0) is 73.6 Å². The molecule has 0 saturated heterocycles. The molecule has 0 spiro atoms. The van der Waals surface area contributed by atoms with Gasteiger partial charge in [-0.3, -0.25) is 9.78 Å².